The molecule has 9 heteroatoms. The van der Waals surface area contributed by atoms with E-state index in [2.05, 4.69) is 0 Å². The van der Waals surface area contributed by atoms with Gasteiger partial charge in [0.25, 0.3) is 11.5 Å². The zero-order valence-corrected chi connectivity index (χ0v) is 14.1. The minimum absolute atomic E-state index is 0.129. The number of nitrogens with zero attached hydrogens (tertiary/aromatic N) is 1. The molecule has 9 nitrogen and oxygen atoms in total. The Bertz CT molecular complexity index is 782. The highest BCUT2D eigenvalue weighted by Crippen LogP contribution is 2.40. The molecule has 1 heterocycles. The number of ether oxygens (including phenoxy) is 2. The van der Waals surface area contributed by atoms with Crippen LogP contribution in [-0.2, 0) is 10.5 Å². The van der Waals surface area contributed by atoms with E-state index in [0.717, 1.165) is 0 Å². The fourth-order valence-corrected chi connectivity index (χ4v) is 3.00. The Labute approximate surface area is 154 Å². The van der Waals surface area contributed by atoms with Gasteiger partial charge in [0.2, 0.25) is 0 Å². The predicted molar refractivity (Wildman–Crippen MR) is 91.8 cm³/mol. The largest absolute Gasteiger partial charge is 0.455 e. The highest BCUT2D eigenvalue weighted by molar-refractivity contribution is 5.37. The molecular weight excluding hydrogens is 358 g/mol. The lowest BCUT2D eigenvalue weighted by Crippen LogP contribution is -2.65. The molecule has 0 radical (unpaired) electrons. The maximum absolute atomic E-state index is 10.8. The quantitative estimate of drug-likeness (QED) is 0.430. The summed E-state index contributed by atoms with van der Waals surface area (Å²) >= 11 is 0. The average molecular weight is 377 g/mol. The van der Waals surface area contributed by atoms with Crippen molar-refractivity contribution < 1.29 is 34.8 Å². The average Bonchev–Trinajstić information content (AvgIpc) is 2.69. The monoisotopic (exact) mass is 377 g/mol. The number of benzene rings is 2. The van der Waals surface area contributed by atoms with Crippen LogP contribution in [0.1, 0.15) is 5.56 Å². The number of nitro benzene ring substituents is 1. The number of hydrogen-bond acceptors (Lipinski definition) is 8. The van der Waals surface area contributed by atoms with Crippen LogP contribution in [0.5, 0.6) is 5.75 Å². The molecule has 5 atom stereocenters. The molecule has 0 bridgehead atoms. The van der Waals surface area contributed by atoms with E-state index in [0.29, 0.717) is 5.56 Å². The first-order valence-electron chi connectivity index (χ1n) is 8.21. The molecule has 2 aromatic carbocycles. The topological polar surface area (TPSA) is 143 Å². The van der Waals surface area contributed by atoms with Gasteiger partial charge in [-0.2, -0.15) is 0 Å². The second-order valence-electron chi connectivity index (χ2n) is 6.15. The molecule has 0 aromatic heterocycles. The Morgan fingerprint density at radius 2 is 1.67 bits per heavy atom. The summed E-state index contributed by atoms with van der Waals surface area (Å²) in [5.74, 6) is -1.81. The second-order valence-corrected chi connectivity index (χ2v) is 6.15. The summed E-state index contributed by atoms with van der Waals surface area (Å²) < 4.78 is 11.6. The van der Waals surface area contributed by atoms with Crippen LogP contribution in [-0.4, -0.2) is 56.4 Å². The first-order valence-corrected chi connectivity index (χ1v) is 8.21. The van der Waals surface area contributed by atoms with Gasteiger partial charge in [0.1, 0.15) is 24.1 Å². The van der Waals surface area contributed by atoms with Crippen LogP contribution in [0.15, 0.2) is 54.6 Å². The Kier molecular flexibility index (Phi) is 5.40. The van der Waals surface area contributed by atoms with Crippen molar-refractivity contribution in [2.75, 3.05) is 6.61 Å². The van der Waals surface area contributed by atoms with Crippen molar-refractivity contribution in [1.82, 2.24) is 0 Å². The van der Waals surface area contributed by atoms with E-state index in [1.165, 1.54) is 24.3 Å². The minimum Gasteiger partial charge on any atom is -0.455 e. The molecule has 0 aliphatic carbocycles. The molecular formula is C18H19NO8. The molecule has 4 N–H and O–H groups in total. The lowest BCUT2D eigenvalue weighted by atomic mass is 9.88. The molecule has 1 aliphatic heterocycles. The molecule has 1 fully saturated rings. The minimum atomic E-state index is -1.94. The summed E-state index contributed by atoms with van der Waals surface area (Å²) in [7, 11) is 0. The standard InChI is InChI=1S/C18H19NO8/c20-10-14-15(21)16(22)17(23)18(27-14,11-4-2-1-3-5-11)26-13-8-6-12(7-9-13)19(24)25/h1-9,14-17,20-23H,10H2/t14-,15-,16+,17-,18-/m1/s1. The number of hydrogen-bond donors (Lipinski definition) is 4. The van der Waals surface area contributed by atoms with Crippen LogP contribution in [0.3, 0.4) is 0 Å². The number of aliphatic hydroxyl groups excluding tert-OH is 4. The third kappa shape index (κ3) is 3.51. The third-order valence-corrected chi connectivity index (χ3v) is 4.44. The van der Waals surface area contributed by atoms with Gasteiger partial charge in [-0.15, -0.1) is 0 Å². The maximum Gasteiger partial charge on any atom is 0.269 e. The number of aliphatic hydroxyl groups is 4. The van der Waals surface area contributed by atoms with Gasteiger partial charge in [-0.05, 0) is 12.1 Å². The van der Waals surface area contributed by atoms with Crippen molar-refractivity contribution in [1.29, 1.82) is 0 Å². The van der Waals surface area contributed by atoms with Gasteiger partial charge in [0, 0.05) is 17.7 Å². The summed E-state index contributed by atoms with van der Waals surface area (Å²) in [6.45, 7) is -0.622. The second kappa shape index (κ2) is 7.59. The van der Waals surface area contributed by atoms with Gasteiger partial charge < -0.3 is 29.9 Å². The molecule has 144 valence electrons. The highest BCUT2D eigenvalue weighted by Gasteiger charge is 2.56. The number of rotatable bonds is 5. The van der Waals surface area contributed by atoms with E-state index in [1.54, 1.807) is 30.3 Å². The molecule has 0 saturated carbocycles. The Hall–Kier alpha value is -2.56. The SMILES string of the molecule is O=[N+]([O-])c1ccc(O[C@]2(c3ccccc3)O[C@H](CO)[C@@H](O)[C@H](O)[C@H]2O)cc1. The van der Waals surface area contributed by atoms with Crippen molar-refractivity contribution >= 4 is 5.69 Å². The van der Waals surface area contributed by atoms with Crippen molar-refractivity contribution in [3.63, 3.8) is 0 Å². The Balaban J connectivity index is 2.04. The van der Waals surface area contributed by atoms with Crippen LogP contribution in [0.25, 0.3) is 0 Å². The van der Waals surface area contributed by atoms with Crippen LogP contribution in [0.4, 0.5) is 5.69 Å². The zero-order valence-electron chi connectivity index (χ0n) is 14.1. The fraction of sp³-hybridized carbons (Fsp3) is 0.333. The van der Waals surface area contributed by atoms with Crippen LogP contribution in [0, 0.1) is 10.1 Å². The summed E-state index contributed by atoms with van der Waals surface area (Å²) in [6, 6.07) is 13.3. The van der Waals surface area contributed by atoms with Gasteiger partial charge >= 0.3 is 0 Å². The summed E-state index contributed by atoms with van der Waals surface area (Å²) in [5.41, 5.74) is 0.185. The van der Waals surface area contributed by atoms with Gasteiger partial charge in [0.05, 0.1) is 11.5 Å². The Morgan fingerprint density at radius 3 is 2.22 bits per heavy atom. The van der Waals surface area contributed by atoms with E-state index in [1.807, 2.05) is 0 Å². The molecule has 0 unspecified atom stereocenters. The smallest absolute Gasteiger partial charge is 0.269 e. The molecule has 2 aromatic rings. The zero-order chi connectivity index (χ0) is 19.6. The lowest BCUT2D eigenvalue weighted by Gasteiger charge is -2.48. The van der Waals surface area contributed by atoms with Crippen molar-refractivity contribution in [2.24, 2.45) is 0 Å². The molecule has 1 saturated heterocycles. The Morgan fingerprint density at radius 1 is 1.04 bits per heavy atom. The maximum atomic E-state index is 10.8. The van der Waals surface area contributed by atoms with Gasteiger partial charge in [0.15, 0.2) is 6.10 Å². The van der Waals surface area contributed by atoms with E-state index in [-0.39, 0.29) is 11.4 Å². The summed E-state index contributed by atoms with van der Waals surface area (Å²) in [6.07, 6.45) is -6.11. The van der Waals surface area contributed by atoms with E-state index in [9.17, 15) is 30.5 Å². The van der Waals surface area contributed by atoms with Gasteiger partial charge in [-0.25, -0.2) is 0 Å². The van der Waals surface area contributed by atoms with E-state index in [4.69, 9.17) is 9.47 Å². The first-order chi connectivity index (χ1) is 12.9. The van der Waals surface area contributed by atoms with E-state index >= 15 is 0 Å². The van der Waals surface area contributed by atoms with Crippen LogP contribution in [0.2, 0.25) is 0 Å². The summed E-state index contributed by atoms with van der Waals surface area (Å²) in [4.78, 5) is 10.2. The lowest BCUT2D eigenvalue weighted by molar-refractivity contribution is -0.385. The molecule has 1 aliphatic rings. The van der Waals surface area contributed by atoms with Crippen LogP contribution >= 0.6 is 0 Å². The number of non-ortho nitro benzene ring substituents is 1. The van der Waals surface area contributed by atoms with Crippen molar-refractivity contribution in [3.05, 3.63) is 70.3 Å². The summed E-state index contributed by atoms with van der Waals surface area (Å²) in [5, 5.41) is 51.3. The molecule has 0 amide bonds. The van der Waals surface area contributed by atoms with Crippen LogP contribution < -0.4 is 4.74 Å². The van der Waals surface area contributed by atoms with Gasteiger partial charge in [-0.3, -0.25) is 10.1 Å². The number of nitro groups is 1. The molecule has 3 rings (SSSR count). The van der Waals surface area contributed by atoms with Crippen molar-refractivity contribution in [2.45, 2.75) is 30.2 Å². The highest BCUT2D eigenvalue weighted by atomic mass is 16.7. The first kappa shape index (κ1) is 19.2. The molecule has 0 spiro atoms. The van der Waals surface area contributed by atoms with E-state index < -0.39 is 41.7 Å². The normalized spacial score (nSPS) is 30.7. The predicted octanol–water partition coefficient (Wildman–Crippen LogP) is 0.300. The molecule has 27 heavy (non-hydrogen) atoms. The third-order valence-electron chi connectivity index (χ3n) is 4.44. The van der Waals surface area contributed by atoms with Gasteiger partial charge in [-0.1, -0.05) is 30.3 Å². The van der Waals surface area contributed by atoms with Crippen molar-refractivity contribution in [3.8, 4) is 5.75 Å². The fourth-order valence-electron chi connectivity index (χ4n) is 3.00.